The van der Waals surface area contributed by atoms with E-state index >= 15 is 0 Å². The van der Waals surface area contributed by atoms with Crippen LogP contribution in [0.1, 0.15) is 303 Å². The second kappa shape index (κ2) is 66.7. The fourth-order valence-electron chi connectivity index (χ4n) is 9.52. The average molecular weight is 1330 g/mol. The lowest BCUT2D eigenvalue weighted by Crippen LogP contribution is -2.30. The van der Waals surface area contributed by atoms with Gasteiger partial charge in [-0.25, -0.2) is 9.13 Å². The van der Waals surface area contributed by atoms with Gasteiger partial charge in [-0.15, -0.1) is 0 Å². The van der Waals surface area contributed by atoms with Gasteiger partial charge in [0.1, 0.15) is 25.4 Å². The summed E-state index contributed by atoms with van der Waals surface area (Å²) in [6, 6.07) is 0. The van der Waals surface area contributed by atoms with Crippen molar-refractivity contribution >= 4 is 33.6 Å². The molecule has 0 amide bonds. The summed E-state index contributed by atoms with van der Waals surface area (Å²) in [5.41, 5.74) is 0. The maximum absolute atomic E-state index is 12.9. The Hall–Kier alpha value is -3.27. The summed E-state index contributed by atoms with van der Waals surface area (Å²) in [5.74, 6) is -1.60. The number of esters is 3. The molecule has 0 aromatic carbocycles. The number of phosphoric acid groups is 2. The van der Waals surface area contributed by atoms with Crippen molar-refractivity contribution < 1.29 is 75.8 Å². The van der Waals surface area contributed by atoms with Crippen molar-refractivity contribution in [2.75, 3.05) is 39.6 Å². The molecule has 0 heterocycles. The third kappa shape index (κ3) is 67.9. The van der Waals surface area contributed by atoms with Gasteiger partial charge in [-0.05, 0) is 122 Å². The number of unbranched alkanes of at least 4 members (excludes halogenated alkanes) is 31. The van der Waals surface area contributed by atoms with Crippen LogP contribution in [0.4, 0.5) is 0 Å². The van der Waals surface area contributed by atoms with E-state index in [2.05, 4.69) is 106 Å². The largest absolute Gasteiger partial charge is 0.472 e. The van der Waals surface area contributed by atoms with Crippen LogP contribution >= 0.6 is 15.6 Å². The fraction of sp³-hybridized carbons (Fsp3) is 0.767. The SMILES string of the molecule is CCCCC/C=C\C/C=C\C/C=C\C/C=C\CCCCCCCCCCCCCC(=O)OCC(O)COP(=O)(O)OCC(O)COP(=O)(O)OCC(COC(=O)CCCCCCC/C=C\C/C=C\CCCCC)OC(=O)CCCCCCC/C=C\CCCCCC. The minimum atomic E-state index is -4.92. The molecule has 0 aliphatic carbocycles. The predicted molar refractivity (Wildman–Crippen MR) is 371 cm³/mol. The smallest absolute Gasteiger partial charge is 0.463 e. The Morgan fingerprint density at radius 3 is 0.901 bits per heavy atom. The van der Waals surface area contributed by atoms with Crippen LogP contribution in [0, 0.1) is 0 Å². The lowest BCUT2D eigenvalue weighted by Gasteiger charge is -2.21. The van der Waals surface area contributed by atoms with E-state index in [1.807, 2.05) is 0 Å². The van der Waals surface area contributed by atoms with E-state index in [0.29, 0.717) is 19.3 Å². The normalized spacial score (nSPS) is 14.7. The molecule has 4 N–H and O–H groups in total. The number of carbonyl (C=O) groups is 3. The summed E-state index contributed by atoms with van der Waals surface area (Å²) in [7, 11) is -9.78. The molecule has 16 nitrogen and oxygen atoms in total. The van der Waals surface area contributed by atoms with Gasteiger partial charge in [-0.1, -0.05) is 247 Å². The quantitative estimate of drug-likeness (QED) is 0.0146. The molecule has 18 heteroatoms. The summed E-state index contributed by atoms with van der Waals surface area (Å²) < 4.78 is 60.9. The molecule has 0 aromatic heterocycles. The lowest BCUT2D eigenvalue weighted by molar-refractivity contribution is -0.161. The highest BCUT2D eigenvalue weighted by atomic mass is 31.2. The number of ether oxygens (including phenoxy) is 3. The Morgan fingerprint density at radius 2 is 0.549 bits per heavy atom. The summed E-state index contributed by atoms with van der Waals surface area (Å²) >= 11 is 0. The van der Waals surface area contributed by atoms with Crippen LogP contribution in [0.3, 0.4) is 0 Å². The third-order valence-electron chi connectivity index (χ3n) is 15.1. The Balaban J connectivity index is 4.49. The molecular formula is C73H130O16P2. The number of hydrogen-bond acceptors (Lipinski definition) is 14. The van der Waals surface area contributed by atoms with Crippen molar-refractivity contribution in [3.63, 3.8) is 0 Å². The zero-order chi connectivity index (χ0) is 66.7. The van der Waals surface area contributed by atoms with Gasteiger partial charge >= 0.3 is 33.6 Å². The van der Waals surface area contributed by atoms with Crippen molar-refractivity contribution in [1.29, 1.82) is 0 Å². The van der Waals surface area contributed by atoms with E-state index in [0.717, 1.165) is 128 Å². The van der Waals surface area contributed by atoms with E-state index in [1.165, 1.54) is 116 Å². The van der Waals surface area contributed by atoms with Crippen molar-refractivity contribution in [2.24, 2.45) is 0 Å². The number of aliphatic hydroxyl groups excluding tert-OH is 2. The van der Waals surface area contributed by atoms with Gasteiger partial charge in [0.2, 0.25) is 0 Å². The van der Waals surface area contributed by atoms with Crippen LogP contribution in [0.5, 0.6) is 0 Å². The first kappa shape index (κ1) is 87.7. The highest BCUT2D eigenvalue weighted by molar-refractivity contribution is 7.47. The van der Waals surface area contributed by atoms with E-state index < -0.39 is 91.5 Å². The van der Waals surface area contributed by atoms with Crippen LogP contribution in [0.2, 0.25) is 0 Å². The van der Waals surface area contributed by atoms with Gasteiger partial charge in [0.05, 0.1) is 26.4 Å². The summed E-state index contributed by atoms with van der Waals surface area (Å²) in [5, 5.41) is 20.6. The summed E-state index contributed by atoms with van der Waals surface area (Å²) in [6.07, 6.45) is 72.1. The van der Waals surface area contributed by atoms with Crippen LogP contribution in [-0.4, -0.2) is 95.9 Å². The first-order valence-electron chi connectivity index (χ1n) is 35.9. The first-order chi connectivity index (χ1) is 44.2. The molecule has 5 atom stereocenters. The second-order valence-electron chi connectivity index (χ2n) is 24.0. The summed E-state index contributed by atoms with van der Waals surface area (Å²) in [4.78, 5) is 58.4. The molecule has 5 unspecified atom stereocenters. The molecule has 0 saturated carbocycles. The molecule has 0 rings (SSSR count). The van der Waals surface area contributed by atoms with E-state index in [4.69, 9.17) is 32.3 Å². The number of hydrogen-bond donors (Lipinski definition) is 4. The molecule has 0 aliphatic rings. The molecule has 528 valence electrons. The number of aliphatic hydroxyl groups is 2. The van der Waals surface area contributed by atoms with Crippen molar-refractivity contribution in [3.05, 3.63) is 85.1 Å². The molecule has 0 bridgehead atoms. The van der Waals surface area contributed by atoms with E-state index in [1.54, 1.807) is 0 Å². The Labute approximate surface area is 553 Å². The van der Waals surface area contributed by atoms with Crippen LogP contribution in [-0.2, 0) is 55.8 Å². The first-order valence-corrected chi connectivity index (χ1v) is 38.9. The maximum atomic E-state index is 12.9. The van der Waals surface area contributed by atoms with Crippen LogP contribution in [0.15, 0.2) is 85.1 Å². The third-order valence-corrected chi connectivity index (χ3v) is 17.0. The minimum Gasteiger partial charge on any atom is -0.463 e. The Bertz CT molecular complexity index is 2000. The van der Waals surface area contributed by atoms with Gasteiger partial charge < -0.3 is 34.2 Å². The van der Waals surface area contributed by atoms with Crippen molar-refractivity contribution in [2.45, 2.75) is 322 Å². The Kier molecular flexibility index (Phi) is 64.3. The van der Waals surface area contributed by atoms with Gasteiger partial charge in [0, 0.05) is 19.3 Å². The molecular weight excluding hydrogens is 1190 g/mol. The van der Waals surface area contributed by atoms with Gasteiger partial charge in [-0.2, -0.15) is 0 Å². The molecule has 0 fully saturated rings. The molecule has 0 saturated heterocycles. The standard InChI is InChI=1S/C73H130O16P2/c1-4-7-10-13-16-19-22-25-27-28-29-30-31-32-33-34-35-36-37-38-40-43-44-47-50-53-56-59-71(76)83-62-68(74)63-85-90(79,80)86-64-69(75)65-87-91(81,82)88-67-70(89-73(78)61-58-55-52-49-46-41-24-21-18-15-12-9-6-3)66-84-72(77)60-57-54-51-48-45-42-39-26-23-20-17-14-11-8-5-2/h16-17,19-21,24-27,29-30,32-33,39,68-70,74-75H,4-15,18,22-23,28,31,34-38,40-67H2,1-3H3,(H,79,80)(H,81,82)/b19-16-,20-17-,24-21-,27-25-,30-29-,33-32-,39-26-. The summed E-state index contributed by atoms with van der Waals surface area (Å²) in [6.45, 7) is 2.59. The van der Waals surface area contributed by atoms with Crippen molar-refractivity contribution in [3.8, 4) is 0 Å². The molecule has 91 heavy (non-hydrogen) atoms. The van der Waals surface area contributed by atoms with Gasteiger partial charge in [0.15, 0.2) is 6.10 Å². The zero-order valence-electron chi connectivity index (χ0n) is 57.3. The molecule has 0 aromatic rings. The number of allylic oxidation sites excluding steroid dienone is 14. The molecule has 0 radical (unpaired) electrons. The Morgan fingerprint density at radius 1 is 0.308 bits per heavy atom. The monoisotopic (exact) mass is 1320 g/mol. The number of carbonyl (C=O) groups excluding carboxylic acids is 3. The average Bonchev–Trinajstić information content (AvgIpc) is 3.70. The topological polar surface area (TPSA) is 231 Å². The lowest BCUT2D eigenvalue weighted by atomic mass is 10.0. The molecule has 0 spiro atoms. The van der Waals surface area contributed by atoms with Crippen molar-refractivity contribution in [1.82, 2.24) is 0 Å². The predicted octanol–water partition coefficient (Wildman–Crippen LogP) is 20.1. The zero-order valence-corrected chi connectivity index (χ0v) is 59.0. The van der Waals surface area contributed by atoms with E-state index in [-0.39, 0.29) is 19.3 Å². The second-order valence-corrected chi connectivity index (χ2v) is 26.9. The number of phosphoric ester groups is 2. The van der Waals surface area contributed by atoms with Gasteiger partial charge in [-0.3, -0.25) is 32.5 Å². The molecule has 0 aliphatic heterocycles. The fourth-order valence-corrected chi connectivity index (χ4v) is 11.1. The highest BCUT2D eigenvalue weighted by Crippen LogP contribution is 2.45. The minimum absolute atomic E-state index is 0.0926. The van der Waals surface area contributed by atoms with E-state index in [9.17, 15) is 43.5 Å². The van der Waals surface area contributed by atoms with Gasteiger partial charge in [0.25, 0.3) is 0 Å². The van der Waals surface area contributed by atoms with Crippen LogP contribution < -0.4 is 0 Å². The maximum Gasteiger partial charge on any atom is 0.472 e. The number of rotatable bonds is 68. The van der Waals surface area contributed by atoms with Crippen LogP contribution in [0.25, 0.3) is 0 Å². The highest BCUT2D eigenvalue weighted by Gasteiger charge is 2.29.